The zero-order valence-electron chi connectivity index (χ0n) is 12.5. The van der Waals surface area contributed by atoms with Crippen molar-refractivity contribution in [1.82, 2.24) is 9.80 Å². The van der Waals surface area contributed by atoms with Crippen molar-refractivity contribution in [2.24, 2.45) is 0 Å². The first-order chi connectivity index (χ1) is 9.45. The number of anilines is 1. The van der Waals surface area contributed by atoms with Crippen LogP contribution in [0.2, 0.25) is 0 Å². The average molecular weight is 280 g/mol. The van der Waals surface area contributed by atoms with Gasteiger partial charge in [-0.3, -0.25) is 15.0 Å². The zero-order chi connectivity index (χ0) is 15.1. The van der Waals surface area contributed by atoms with E-state index < -0.39 is 4.92 Å². The predicted molar refractivity (Wildman–Crippen MR) is 81.6 cm³/mol. The van der Waals surface area contributed by atoms with Crippen molar-refractivity contribution in [3.8, 4) is 0 Å². The van der Waals surface area contributed by atoms with Gasteiger partial charge in [0, 0.05) is 25.7 Å². The summed E-state index contributed by atoms with van der Waals surface area (Å²) in [7, 11) is 4.07. The maximum absolute atomic E-state index is 10.9. The Bertz CT molecular complexity index is 449. The fourth-order valence-electron chi connectivity index (χ4n) is 2.07. The third-order valence-electron chi connectivity index (χ3n) is 3.17. The van der Waals surface area contributed by atoms with Crippen LogP contribution >= 0.6 is 0 Å². The molecule has 0 amide bonds. The van der Waals surface area contributed by atoms with Gasteiger partial charge < -0.3 is 10.6 Å². The molecule has 1 aromatic carbocycles. The van der Waals surface area contributed by atoms with Gasteiger partial charge >= 0.3 is 0 Å². The number of nitrogens with two attached hydrogens (primary N) is 1. The molecule has 1 aromatic rings. The Kier molecular flexibility index (Phi) is 6.41. The highest BCUT2D eigenvalue weighted by Gasteiger charge is 2.16. The second-order valence-corrected chi connectivity index (χ2v) is 5.19. The third kappa shape index (κ3) is 4.79. The highest BCUT2D eigenvalue weighted by molar-refractivity contribution is 5.62. The van der Waals surface area contributed by atoms with E-state index in [0.29, 0.717) is 6.54 Å². The monoisotopic (exact) mass is 280 g/mol. The molecule has 0 aromatic heterocycles. The fourth-order valence-corrected chi connectivity index (χ4v) is 2.07. The molecule has 6 nitrogen and oxygen atoms in total. The molecule has 0 aliphatic carbocycles. The van der Waals surface area contributed by atoms with E-state index >= 15 is 0 Å². The summed E-state index contributed by atoms with van der Waals surface area (Å²) in [4.78, 5) is 14.9. The molecular formula is C14H24N4O2. The third-order valence-corrected chi connectivity index (χ3v) is 3.17. The van der Waals surface area contributed by atoms with Crippen LogP contribution in [0.4, 0.5) is 11.4 Å². The quantitative estimate of drug-likeness (QED) is 0.447. The van der Waals surface area contributed by atoms with Crippen LogP contribution in [0.5, 0.6) is 0 Å². The van der Waals surface area contributed by atoms with Gasteiger partial charge in [-0.15, -0.1) is 0 Å². The summed E-state index contributed by atoms with van der Waals surface area (Å²) in [5.41, 5.74) is 7.00. The molecule has 0 aliphatic rings. The summed E-state index contributed by atoms with van der Waals surface area (Å²) >= 11 is 0. The number of hydrogen-bond acceptors (Lipinski definition) is 5. The van der Waals surface area contributed by atoms with Gasteiger partial charge in [-0.05, 0) is 32.6 Å². The Labute approximate surface area is 120 Å². The largest absolute Gasteiger partial charge is 0.393 e. The molecule has 0 atom stereocenters. The Morgan fingerprint density at radius 1 is 1.25 bits per heavy atom. The normalized spacial score (nSPS) is 11.2. The van der Waals surface area contributed by atoms with E-state index in [0.717, 1.165) is 31.6 Å². The van der Waals surface area contributed by atoms with Crippen LogP contribution in [-0.4, -0.2) is 48.5 Å². The van der Waals surface area contributed by atoms with Gasteiger partial charge in [0.2, 0.25) is 0 Å². The lowest BCUT2D eigenvalue weighted by atomic mass is 10.1. The lowest BCUT2D eigenvalue weighted by Gasteiger charge is -2.24. The smallest absolute Gasteiger partial charge is 0.292 e. The second-order valence-electron chi connectivity index (χ2n) is 5.19. The van der Waals surface area contributed by atoms with E-state index in [4.69, 9.17) is 5.73 Å². The molecule has 0 fully saturated rings. The molecule has 0 bridgehead atoms. The minimum Gasteiger partial charge on any atom is -0.393 e. The van der Waals surface area contributed by atoms with Gasteiger partial charge in [0.15, 0.2) is 0 Å². The zero-order valence-corrected chi connectivity index (χ0v) is 12.5. The lowest BCUT2D eigenvalue weighted by molar-refractivity contribution is -0.384. The highest BCUT2D eigenvalue weighted by atomic mass is 16.6. The first kappa shape index (κ1) is 16.4. The number of para-hydroxylation sites is 1. The average Bonchev–Trinajstić information content (AvgIpc) is 2.38. The lowest BCUT2D eigenvalue weighted by Crippen LogP contribution is -2.32. The van der Waals surface area contributed by atoms with Crippen molar-refractivity contribution in [1.29, 1.82) is 0 Å². The van der Waals surface area contributed by atoms with Crippen molar-refractivity contribution < 1.29 is 4.92 Å². The molecule has 0 heterocycles. The molecule has 1 rings (SSSR count). The maximum Gasteiger partial charge on any atom is 0.292 e. The predicted octanol–water partition coefficient (Wildman–Crippen LogP) is 1.95. The van der Waals surface area contributed by atoms with Crippen LogP contribution in [0.15, 0.2) is 18.2 Å². The standard InChI is InChI=1S/C14H24N4O2/c1-4-8-17(10-9-16(2)3)11-12-6-5-7-13(14(12)15)18(19)20/h5-7H,4,8-11,15H2,1-3H3. The van der Waals surface area contributed by atoms with Crippen LogP contribution in [0.1, 0.15) is 18.9 Å². The molecule has 0 radical (unpaired) electrons. The topological polar surface area (TPSA) is 75.6 Å². The molecule has 0 saturated carbocycles. The van der Waals surface area contributed by atoms with E-state index in [1.807, 2.05) is 20.2 Å². The Morgan fingerprint density at radius 2 is 1.95 bits per heavy atom. The highest BCUT2D eigenvalue weighted by Crippen LogP contribution is 2.25. The van der Waals surface area contributed by atoms with Crippen LogP contribution in [0.25, 0.3) is 0 Å². The molecular weight excluding hydrogens is 256 g/mol. The molecule has 20 heavy (non-hydrogen) atoms. The maximum atomic E-state index is 10.9. The van der Waals surface area contributed by atoms with Gasteiger partial charge in [-0.25, -0.2) is 0 Å². The first-order valence-electron chi connectivity index (χ1n) is 6.84. The number of rotatable bonds is 8. The van der Waals surface area contributed by atoms with Crippen molar-refractivity contribution in [2.45, 2.75) is 19.9 Å². The van der Waals surface area contributed by atoms with Crippen molar-refractivity contribution in [3.63, 3.8) is 0 Å². The van der Waals surface area contributed by atoms with E-state index in [2.05, 4.69) is 16.7 Å². The molecule has 6 heteroatoms. The summed E-state index contributed by atoms with van der Waals surface area (Å²) in [6.45, 7) is 5.60. The molecule has 0 aliphatic heterocycles. The molecule has 112 valence electrons. The summed E-state index contributed by atoms with van der Waals surface area (Å²) in [6.07, 6.45) is 1.04. The summed E-state index contributed by atoms with van der Waals surface area (Å²) in [5, 5.41) is 10.9. The van der Waals surface area contributed by atoms with Gasteiger partial charge in [0.25, 0.3) is 5.69 Å². The number of likely N-dealkylation sites (N-methyl/N-ethyl adjacent to an activating group) is 1. The summed E-state index contributed by atoms with van der Waals surface area (Å²) < 4.78 is 0. The number of benzene rings is 1. The molecule has 0 unspecified atom stereocenters. The first-order valence-corrected chi connectivity index (χ1v) is 6.84. The van der Waals surface area contributed by atoms with E-state index in [9.17, 15) is 10.1 Å². The van der Waals surface area contributed by atoms with E-state index in [1.165, 1.54) is 6.07 Å². The van der Waals surface area contributed by atoms with E-state index in [-0.39, 0.29) is 11.4 Å². The van der Waals surface area contributed by atoms with Crippen molar-refractivity contribution in [3.05, 3.63) is 33.9 Å². The van der Waals surface area contributed by atoms with Crippen LogP contribution in [0.3, 0.4) is 0 Å². The number of hydrogen-bond donors (Lipinski definition) is 1. The SMILES string of the molecule is CCCN(CCN(C)C)Cc1cccc([N+](=O)[O-])c1N. The Morgan fingerprint density at radius 3 is 2.50 bits per heavy atom. The van der Waals surface area contributed by atoms with Crippen molar-refractivity contribution >= 4 is 11.4 Å². The number of nitro benzene ring substituents is 1. The minimum absolute atomic E-state index is 0.00782. The molecule has 0 spiro atoms. The molecule has 2 N–H and O–H groups in total. The van der Waals surface area contributed by atoms with Crippen LogP contribution in [-0.2, 0) is 6.54 Å². The summed E-state index contributed by atoms with van der Waals surface area (Å²) in [5.74, 6) is 0. The van der Waals surface area contributed by atoms with Gasteiger partial charge in [0.05, 0.1) is 4.92 Å². The summed E-state index contributed by atoms with van der Waals surface area (Å²) in [6, 6.07) is 5.00. The number of nitrogens with zero attached hydrogens (tertiary/aromatic N) is 3. The van der Waals surface area contributed by atoms with Gasteiger partial charge in [-0.2, -0.15) is 0 Å². The van der Waals surface area contributed by atoms with Gasteiger partial charge in [-0.1, -0.05) is 19.1 Å². The van der Waals surface area contributed by atoms with Gasteiger partial charge in [0.1, 0.15) is 5.69 Å². The van der Waals surface area contributed by atoms with Crippen molar-refractivity contribution in [2.75, 3.05) is 39.5 Å². The Balaban J connectivity index is 2.82. The second kappa shape index (κ2) is 7.81. The Hall–Kier alpha value is -1.66. The number of nitrogen functional groups attached to an aromatic ring is 1. The number of nitro groups is 1. The molecule has 0 saturated heterocycles. The van der Waals surface area contributed by atoms with Crippen LogP contribution in [0, 0.1) is 10.1 Å². The minimum atomic E-state index is -0.428. The van der Waals surface area contributed by atoms with E-state index in [1.54, 1.807) is 6.07 Å². The fraction of sp³-hybridized carbons (Fsp3) is 0.571. The van der Waals surface area contributed by atoms with Crippen LogP contribution < -0.4 is 5.73 Å².